The molecule has 1 aliphatic carbocycles. The Labute approximate surface area is 305 Å². The van der Waals surface area contributed by atoms with E-state index in [0.717, 1.165) is 47.2 Å². The van der Waals surface area contributed by atoms with Crippen LogP contribution in [0.3, 0.4) is 0 Å². The van der Waals surface area contributed by atoms with Gasteiger partial charge in [0.2, 0.25) is 11.8 Å². The average molecular weight is 743 g/mol. The molecule has 0 saturated carbocycles. The molecule has 15 heteroatoms. The highest BCUT2D eigenvalue weighted by molar-refractivity contribution is 6.36. The zero-order valence-electron chi connectivity index (χ0n) is 29.1. The summed E-state index contributed by atoms with van der Waals surface area (Å²) in [5.41, 5.74) is 4.19. The predicted octanol–water partition coefficient (Wildman–Crippen LogP) is 6.67. The Hall–Kier alpha value is -4.50. The number of halogens is 4. The number of carbonyl (C=O) groups is 1. The number of ether oxygens (including phenoxy) is 2. The van der Waals surface area contributed by atoms with Crippen LogP contribution < -0.4 is 25.4 Å². The van der Waals surface area contributed by atoms with Gasteiger partial charge in [-0.15, -0.1) is 0 Å². The highest BCUT2D eigenvalue weighted by Crippen LogP contribution is 2.44. The molecule has 52 heavy (non-hydrogen) atoms. The number of anilines is 1. The van der Waals surface area contributed by atoms with Gasteiger partial charge in [0.05, 0.1) is 37.5 Å². The van der Waals surface area contributed by atoms with Crippen molar-refractivity contribution in [1.82, 2.24) is 25.6 Å². The third-order valence-electron chi connectivity index (χ3n) is 9.10. The van der Waals surface area contributed by atoms with Crippen LogP contribution in [0.15, 0.2) is 48.5 Å². The second-order valence-electron chi connectivity index (χ2n) is 12.4. The Kier molecular flexibility index (Phi) is 12.9. The number of aromatic nitrogens is 3. The van der Waals surface area contributed by atoms with Gasteiger partial charge >= 0.3 is 12.1 Å². The molecular formula is C37H42ClF3N6O5. The molecule has 2 atom stereocenters. The fourth-order valence-electron chi connectivity index (χ4n) is 6.45. The number of fused-ring (bicyclic) bond motifs is 1. The van der Waals surface area contributed by atoms with E-state index < -0.39 is 36.2 Å². The number of hydrogen-bond acceptors (Lipinski definition) is 10. The normalized spacial score (nSPS) is 14.6. The Balaban J connectivity index is 1.41. The molecule has 0 radical (unpaired) electrons. The van der Waals surface area contributed by atoms with Gasteiger partial charge in [-0.3, -0.25) is 4.79 Å². The van der Waals surface area contributed by atoms with E-state index >= 15 is 0 Å². The number of methoxy groups -OCH3 is 2. The summed E-state index contributed by atoms with van der Waals surface area (Å²) < 4.78 is 53.6. The van der Waals surface area contributed by atoms with Crippen LogP contribution in [0.2, 0.25) is 5.02 Å². The quantitative estimate of drug-likeness (QED) is 0.0790. The summed E-state index contributed by atoms with van der Waals surface area (Å²) in [5, 5.41) is 27.6. The molecule has 11 nitrogen and oxygen atoms in total. The van der Waals surface area contributed by atoms with Crippen LogP contribution in [0.1, 0.15) is 60.3 Å². The highest BCUT2D eigenvalue weighted by atomic mass is 35.5. The molecule has 2 aromatic carbocycles. The van der Waals surface area contributed by atoms with Crippen LogP contribution in [0.4, 0.5) is 19.0 Å². The summed E-state index contributed by atoms with van der Waals surface area (Å²) >= 11 is 7.09. The lowest BCUT2D eigenvalue weighted by atomic mass is 9.94. The molecule has 1 aliphatic rings. The van der Waals surface area contributed by atoms with Gasteiger partial charge in [0.25, 0.3) is 0 Å². The molecule has 2 aromatic heterocycles. The van der Waals surface area contributed by atoms with Gasteiger partial charge in [0.1, 0.15) is 5.69 Å². The molecule has 0 unspecified atom stereocenters. The van der Waals surface area contributed by atoms with Crippen molar-refractivity contribution in [3.05, 3.63) is 81.6 Å². The summed E-state index contributed by atoms with van der Waals surface area (Å²) in [6.45, 7) is 2.82. The van der Waals surface area contributed by atoms with Gasteiger partial charge in [-0.1, -0.05) is 67.4 Å². The zero-order chi connectivity index (χ0) is 37.4. The lowest BCUT2D eigenvalue weighted by molar-refractivity contribution is -0.141. The van der Waals surface area contributed by atoms with Crippen molar-refractivity contribution in [2.75, 3.05) is 39.2 Å². The van der Waals surface area contributed by atoms with Crippen LogP contribution in [0, 0.1) is 5.92 Å². The minimum Gasteiger partial charge on any atom is -0.481 e. The van der Waals surface area contributed by atoms with Crippen LogP contribution in [0.5, 0.6) is 11.8 Å². The van der Waals surface area contributed by atoms with Crippen molar-refractivity contribution in [3.8, 4) is 34.1 Å². The molecular weight excluding hydrogens is 701 g/mol. The maximum atomic E-state index is 14.2. The molecule has 5 N–H and O–H groups in total. The maximum Gasteiger partial charge on any atom is 0.437 e. The monoisotopic (exact) mass is 742 g/mol. The van der Waals surface area contributed by atoms with Gasteiger partial charge in [-0.25, -0.2) is 9.97 Å². The molecule has 5 rings (SSSR count). The van der Waals surface area contributed by atoms with Crippen molar-refractivity contribution in [1.29, 1.82) is 0 Å². The van der Waals surface area contributed by atoms with E-state index in [0.29, 0.717) is 47.5 Å². The smallest absolute Gasteiger partial charge is 0.437 e. The number of aliphatic hydroxyl groups excluding tert-OH is 1. The third kappa shape index (κ3) is 8.92. The van der Waals surface area contributed by atoms with Gasteiger partial charge < -0.3 is 35.6 Å². The van der Waals surface area contributed by atoms with Crippen molar-refractivity contribution in [3.63, 3.8) is 0 Å². The van der Waals surface area contributed by atoms with Gasteiger partial charge in [-0.2, -0.15) is 18.2 Å². The minimum absolute atomic E-state index is 0.151. The van der Waals surface area contributed by atoms with Crippen molar-refractivity contribution >= 4 is 23.4 Å². The highest BCUT2D eigenvalue weighted by Gasteiger charge is 2.39. The largest absolute Gasteiger partial charge is 0.481 e. The first kappa shape index (κ1) is 38.7. The Morgan fingerprint density at radius 3 is 2.40 bits per heavy atom. The van der Waals surface area contributed by atoms with Crippen molar-refractivity contribution in [2.45, 2.75) is 57.9 Å². The first-order chi connectivity index (χ1) is 25.0. The summed E-state index contributed by atoms with van der Waals surface area (Å²) in [6, 6.07) is 14.7. The Morgan fingerprint density at radius 2 is 1.71 bits per heavy atom. The van der Waals surface area contributed by atoms with E-state index in [2.05, 4.69) is 32.8 Å². The van der Waals surface area contributed by atoms with E-state index in [9.17, 15) is 23.1 Å². The summed E-state index contributed by atoms with van der Waals surface area (Å²) in [5.74, 6) is -0.957. The number of carboxylic acids is 1. The summed E-state index contributed by atoms with van der Waals surface area (Å²) in [6.07, 6.45) is -2.09. The number of nitrogens with one attached hydrogen (secondary N) is 3. The number of aliphatic hydroxyl groups is 1. The van der Waals surface area contributed by atoms with E-state index in [-0.39, 0.29) is 24.7 Å². The summed E-state index contributed by atoms with van der Waals surface area (Å²) in [4.78, 5) is 23.6. The topological polar surface area (TPSA) is 151 Å². The zero-order valence-corrected chi connectivity index (χ0v) is 29.9. The average Bonchev–Trinajstić information content (AvgIpc) is 3.54. The van der Waals surface area contributed by atoms with E-state index in [4.69, 9.17) is 31.2 Å². The molecule has 4 aromatic rings. The van der Waals surface area contributed by atoms with Gasteiger partial charge in [0, 0.05) is 36.4 Å². The molecule has 2 heterocycles. The number of carboxylic acid groups (broad SMARTS) is 1. The molecule has 0 spiro atoms. The van der Waals surface area contributed by atoms with E-state index in [1.807, 2.05) is 48.5 Å². The van der Waals surface area contributed by atoms with Gasteiger partial charge in [-0.05, 0) is 54.5 Å². The molecule has 0 amide bonds. The maximum absolute atomic E-state index is 14.2. The molecule has 0 aliphatic heterocycles. The Morgan fingerprint density at radius 1 is 0.981 bits per heavy atom. The van der Waals surface area contributed by atoms with E-state index in [1.165, 1.54) is 7.11 Å². The van der Waals surface area contributed by atoms with E-state index in [1.54, 1.807) is 7.11 Å². The fraction of sp³-hybridized carbons (Fsp3) is 0.405. The predicted molar refractivity (Wildman–Crippen MR) is 191 cm³/mol. The number of rotatable bonds is 17. The number of nitrogens with zero attached hydrogens (tertiary/aromatic N) is 3. The standard InChI is InChI=1S/C37H42ClF3N6O5/c1-4-21(15-16-48)17-42-18-22-11-13-29(46-35(22)51-2)27-10-6-9-26(32(27)38)23-7-5-8-25-24(23)12-14-28(25)45-34-33(37(39,40)41)44-30(36(47-34)52-3)19-43-20-31(49)50/h5-11,13,21,28,42-43,48H,4,12,14-20H2,1-3H3,(H,45,47)(H,49,50)/t21-,28+/m1/s1. The van der Waals surface area contributed by atoms with Crippen LogP contribution >= 0.6 is 11.6 Å². The van der Waals surface area contributed by atoms with Crippen LogP contribution in [-0.2, 0) is 30.5 Å². The first-order valence-electron chi connectivity index (χ1n) is 17.0. The SMILES string of the molecule is CC[C@H](CCO)CNCc1ccc(-c2cccc(-c3cccc4c3CC[C@@H]4Nc3nc(OC)c(CNCC(=O)O)nc3C(F)(F)F)c2Cl)nc1OC. The molecule has 0 saturated heterocycles. The first-order valence-corrected chi connectivity index (χ1v) is 17.3. The number of aliphatic carboxylic acids is 1. The molecule has 278 valence electrons. The minimum atomic E-state index is -4.84. The molecule has 0 fully saturated rings. The van der Waals surface area contributed by atoms with Crippen molar-refractivity contribution in [2.24, 2.45) is 5.92 Å². The number of alkyl halides is 3. The lowest BCUT2D eigenvalue weighted by Crippen LogP contribution is -2.25. The van der Waals surface area contributed by atoms with Crippen LogP contribution in [-0.4, -0.2) is 65.1 Å². The number of pyridine rings is 1. The third-order valence-corrected chi connectivity index (χ3v) is 9.51. The number of benzene rings is 2. The van der Waals surface area contributed by atoms with Crippen LogP contribution in [0.25, 0.3) is 22.4 Å². The summed E-state index contributed by atoms with van der Waals surface area (Å²) in [7, 11) is 2.83. The number of hydrogen-bond donors (Lipinski definition) is 5. The Bertz CT molecular complexity index is 1880. The second kappa shape index (κ2) is 17.3. The van der Waals surface area contributed by atoms with Gasteiger partial charge in [0.15, 0.2) is 11.5 Å². The lowest BCUT2D eigenvalue weighted by Gasteiger charge is -2.20. The second-order valence-corrected chi connectivity index (χ2v) is 12.8. The van der Waals surface area contributed by atoms with Crippen molar-refractivity contribution < 1.29 is 37.7 Å². The fourth-order valence-corrected chi connectivity index (χ4v) is 6.78. The molecule has 0 bridgehead atoms.